The zero-order valence-corrected chi connectivity index (χ0v) is 29.6. The van der Waals surface area contributed by atoms with Gasteiger partial charge in [-0.2, -0.15) is 17.5 Å². The predicted octanol–water partition coefficient (Wildman–Crippen LogP) is 5.64. The van der Waals surface area contributed by atoms with Gasteiger partial charge in [0.25, 0.3) is 5.56 Å². The maximum atomic E-state index is 13.6. The van der Waals surface area contributed by atoms with Crippen molar-refractivity contribution in [1.29, 1.82) is 0 Å². The number of halogens is 3. The Morgan fingerprint density at radius 2 is 1.70 bits per heavy atom. The standard InChI is InChI=1S/C32H46F3N5O4SSi/c1-23-18-25(24(2)36-28-10-8-9-11-29(28)45(42,43)37(3)22-44-16-17-46(5,6)7)26-20-30(38(4)31(41)27(26)19-23)40-14-12-39(13-15-40)21-32(33,34)35/h8-11,18-20,24,36H,12-17,21-22H2,1-7H3/t24-/m1/s1. The first-order valence-corrected chi connectivity index (χ1v) is 20.6. The summed E-state index contributed by atoms with van der Waals surface area (Å²) in [6, 6.07) is 13.0. The van der Waals surface area contributed by atoms with Crippen molar-refractivity contribution in [1.82, 2.24) is 13.8 Å². The van der Waals surface area contributed by atoms with Gasteiger partial charge in [-0.3, -0.25) is 14.3 Å². The van der Waals surface area contributed by atoms with Crippen LogP contribution in [0.4, 0.5) is 24.7 Å². The van der Waals surface area contributed by atoms with Crippen LogP contribution in [0, 0.1) is 6.92 Å². The number of ether oxygens (including phenoxy) is 1. The molecule has 46 heavy (non-hydrogen) atoms. The first-order chi connectivity index (χ1) is 21.4. The van der Waals surface area contributed by atoms with E-state index in [4.69, 9.17) is 4.74 Å². The lowest BCUT2D eigenvalue weighted by Crippen LogP contribution is -2.50. The summed E-state index contributed by atoms with van der Waals surface area (Å²) >= 11 is 0. The lowest BCUT2D eigenvalue weighted by atomic mass is 9.97. The van der Waals surface area contributed by atoms with Crippen LogP contribution < -0.4 is 15.8 Å². The van der Waals surface area contributed by atoms with Crippen molar-refractivity contribution in [3.63, 3.8) is 0 Å². The van der Waals surface area contributed by atoms with Crippen LogP contribution in [0.3, 0.4) is 0 Å². The van der Waals surface area contributed by atoms with Crippen molar-refractivity contribution in [2.24, 2.45) is 7.05 Å². The fourth-order valence-electron chi connectivity index (χ4n) is 5.66. The van der Waals surface area contributed by atoms with E-state index in [-0.39, 0.29) is 30.3 Å². The van der Waals surface area contributed by atoms with Gasteiger partial charge < -0.3 is 15.0 Å². The van der Waals surface area contributed by atoms with E-state index >= 15 is 0 Å². The van der Waals surface area contributed by atoms with E-state index in [1.807, 2.05) is 36.9 Å². The number of para-hydroxylation sites is 1. The summed E-state index contributed by atoms with van der Waals surface area (Å²) in [6.07, 6.45) is -4.26. The number of aromatic nitrogens is 1. The molecule has 14 heteroatoms. The number of sulfonamides is 1. The van der Waals surface area contributed by atoms with Gasteiger partial charge in [-0.15, -0.1) is 0 Å². The van der Waals surface area contributed by atoms with Crippen molar-refractivity contribution in [3.05, 3.63) is 63.9 Å². The third-order valence-corrected chi connectivity index (χ3v) is 11.8. The number of aryl methyl sites for hydroxylation is 1. The molecule has 1 saturated heterocycles. The lowest BCUT2D eigenvalue weighted by molar-refractivity contribution is -0.146. The molecular formula is C32H46F3N5O4SSi. The summed E-state index contributed by atoms with van der Waals surface area (Å²) in [5.41, 5.74) is 1.89. The molecule has 1 aromatic heterocycles. The van der Waals surface area contributed by atoms with Crippen LogP contribution in [0.2, 0.25) is 25.7 Å². The molecule has 9 nitrogen and oxygen atoms in total. The molecule has 0 bridgehead atoms. The van der Waals surface area contributed by atoms with Crippen LogP contribution in [-0.4, -0.2) is 89.5 Å². The second-order valence-electron chi connectivity index (χ2n) is 13.4. The Kier molecular flexibility index (Phi) is 11.0. The molecule has 1 atom stereocenters. The highest BCUT2D eigenvalue weighted by atomic mass is 32.2. The first-order valence-electron chi connectivity index (χ1n) is 15.5. The molecule has 254 valence electrons. The maximum Gasteiger partial charge on any atom is 0.401 e. The summed E-state index contributed by atoms with van der Waals surface area (Å²) in [5, 5.41) is 4.60. The molecule has 4 rings (SSSR count). The molecule has 0 aliphatic carbocycles. The largest absolute Gasteiger partial charge is 0.401 e. The highest BCUT2D eigenvalue weighted by molar-refractivity contribution is 7.89. The number of rotatable bonds is 12. The number of piperazine rings is 1. The van der Waals surface area contributed by atoms with Gasteiger partial charge in [-0.25, -0.2) is 8.42 Å². The summed E-state index contributed by atoms with van der Waals surface area (Å²) in [7, 11) is -2.04. The third-order valence-electron chi connectivity index (χ3n) is 8.29. The van der Waals surface area contributed by atoms with Gasteiger partial charge in [-0.1, -0.05) is 37.8 Å². The van der Waals surface area contributed by atoms with E-state index in [0.717, 1.165) is 17.2 Å². The molecule has 0 spiro atoms. The average molecular weight is 682 g/mol. The summed E-state index contributed by atoms with van der Waals surface area (Å²) < 4.78 is 74.5. The van der Waals surface area contributed by atoms with Crippen LogP contribution >= 0.6 is 0 Å². The van der Waals surface area contributed by atoms with E-state index in [2.05, 4.69) is 25.0 Å². The molecule has 0 unspecified atom stereocenters. The Labute approximate surface area is 271 Å². The Morgan fingerprint density at radius 1 is 1.04 bits per heavy atom. The maximum absolute atomic E-state index is 13.6. The minimum absolute atomic E-state index is 0.0598. The average Bonchev–Trinajstić information content (AvgIpc) is 2.96. The minimum atomic E-state index is -4.26. The van der Waals surface area contributed by atoms with Gasteiger partial charge in [0.1, 0.15) is 17.4 Å². The molecular weight excluding hydrogens is 636 g/mol. The number of benzene rings is 2. The third kappa shape index (κ3) is 8.71. The van der Waals surface area contributed by atoms with Crippen molar-refractivity contribution in [2.45, 2.75) is 56.6 Å². The SMILES string of the molecule is Cc1cc([C@@H](C)Nc2ccccc2S(=O)(=O)N(C)COCC[Si](C)(C)C)c2cc(N3CCN(CC(F)(F)F)CC3)n(C)c(=O)c2c1. The Balaban J connectivity index is 1.62. The monoisotopic (exact) mass is 681 g/mol. The van der Waals surface area contributed by atoms with Crippen molar-refractivity contribution in [2.75, 3.05) is 63.3 Å². The molecule has 2 heterocycles. The number of pyridine rings is 1. The lowest BCUT2D eigenvalue weighted by Gasteiger charge is -2.37. The van der Waals surface area contributed by atoms with Crippen LogP contribution in [0.5, 0.6) is 0 Å². The molecule has 2 aromatic carbocycles. The number of anilines is 2. The zero-order valence-electron chi connectivity index (χ0n) is 27.7. The molecule has 0 radical (unpaired) electrons. The van der Waals surface area contributed by atoms with Gasteiger partial charge in [0.15, 0.2) is 0 Å². The minimum Gasteiger partial charge on any atom is -0.377 e. The number of nitrogens with one attached hydrogen (secondary N) is 1. The molecule has 0 saturated carbocycles. The predicted molar refractivity (Wildman–Crippen MR) is 181 cm³/mol. The van der Waals surface area contributed by atoms with Crippen LogP contribution in [-0.2, 0) is 21.8 Å². The highest BCUT2D eigenvalue weighted by Gasteiger charge is 2.33. The van der Waals surface area contributed by atoms with Crippen LogP contribution in [0.1, 0.15) is 24.1 Å². The van der Waals surface area contributed by atoms with E-state index in [9.17, 15) is 26.4 Å². The molecule has 3 aromatic rings. The van der Waals surface area contributed by atoms with Crippen molar-refractivity contribution in [3.8, 4) is 0 Å². The van der Waals surface area contributed by atoms with E-state index in [1.54, 1.807) is 35.9 Å². The highest BCUT2D eigenvalue weighted by Crippen LogP contribution is 2.33. The topological polar surface area (TPSA) is 87.1 Å². The summed E-state index contributed by atoms with van der Waals surface area (Å²) in [6.45, 7) is 11.2. The molecule has 1 fully saturated rings. The summed E-state index contributed by atoms with van der Waals surface area (Å²) in [5.74, 6) is 0.625. The number of nitrogens with zero attached hydrogens (tertiary/aromatic N) is 4. The summed E-state index contributed by atoms with van der Waals surface area (Å²) in [4.78, 5) is 17.0. The van der Waals surface area contributed by atoms with E-state index in [0.29, 0.717) is 42.0 Å². The van der Waals surface area contributed by atoms with Crippen molar-refractivity contribution < 1.29 is 26.3 Å². The van der Waals surface area contributed by atoms with E-state index in [1.165, 1.54) is 16.3 Å². The van der Waals surface area contributed by atoms with Gasteiger partial charge in [0.05, 0.1) is 12.2 Å². The second kappa shape index (κ2) is 14.1. The van der Waals surface area contributed by atoms with Gasteiger partial charge >= 0.3 is 6.18 Å². The Hall–Kier alpha value is -2.91. The zero-order chi connectivity index (χ0) is 34.0. The molecule has 1 aliphatic rings. The molecule has 0 amide bonds. The fourth-order valence-corrected chi connectivity index (χ4v) is 7.62. The second-order valence-corrected chi connectivity index (χ2v) is 21.0. The molecule has 1 aliphatic heterocycles. The smallest absolute Gasteiger partial charge is 0.377 e. The Bertz CT molecular complexity index is 1700. The van der Waals surface area contributed by atoms with Crippen LogP contribution in [0.25, 0.3) is 10.8 Å². The molecule has 1 N–H and O–H groups in total. The van der Waals surface area contributed by atoms with Gasteiger partial charge in [0.2, 0.25) is 10.0 Å². The number of hydrogen-bond donors (Lipinski definition) is 1. The number of hydrogen-bond acceptors (Lipinski definition) is 7. The van der Waals surface area contributed by atoms with Gasteiger partial charge in [0, 0.05) is 66.4 Å². The van der Waals surface area contributed by atoms with Gasteiger partial charge in [-0.05, 0) is 60.7 Å². The normalized spacial score (nSPS) is 15.9. The quantitative estimate of drug-likeness (QED) is 0.151. The first kappa shape index (κ1) is 35.9. The fraction of sp³-hybridized carbons (Fsp3) is 0.531. The van der Waals surface area contributed by atoms with Crippen molar-refractivity contribution >= 4 is 40.4 Å². The van der Waals surface area contributed by atoms with Crippen LogP contribution in [0.15, 0.2) is 52.2 Å². The van der Waals surface area contributed by atoms with E-state index < -0.39 is 36.9 Å². The Morgan fingerprint density at radius 3 is 2.33 bits per heavy atom. The number of alkyl halides is 3. The number of fused-ring (bicyclic) bond motifs is 1.